The lowest BCUT2D eigenvalue weighted by atomic mass is 10.2. The van der Waals surface area contributed by atoms with Gasteiger partial charge in [-0.25, -0.2) is 0 Å². The van der Waals surface area contributed by atoms with Gasteiger partial charge in [-0.1, -0.05) is 24.3 Å². The number of carbonyl (C=O) groups excluding carboxylic acids is 1. The Bertz CT molecular complexity index is 770. The zero-order valence-electron chi connectivity index (χ0n) is 15.6. The molecule has 2 aromatic rings. The van der Waals surface area contributed by atoms with Crippen molar-refractivity contribution in [3.05, 3.63) is 59.7 Å². The van der Waals surface area contributed by atoms with Crippen molar-refractivity contribution in [3.8, 4) is 17.2 Å². The van der Waals surface area contributed by atoms with Crippen LogP contribution in [-0.2, 0) is 4.79 Å². The zero-order chi connectivity index (χ0) is 18.9. The highest BCUT2D eigenvalue weighted by Crippen LogP contribution is 2.27. The summed E-state index contributed by atoms with van der Waals surface area (Å²) < 4.78 is 16.2. The third-order valence-corrected chi connectivity index (χ3v) is 3.81. The van der Waals surface area contributed by atoms with E-state index in [1.165, 1.54) is 6.08 Å². The molecule has 1 unspecified atom stereocenters. The maximum Gasteiger partial charge on any atom is 0.244 e. The molecule has 2 aromatic carbocycles. The molecule has 0 saturated heterocycles. The van der Waals surface area contributed by atoms with Crippen LogP contribution >= 0.6 is 0 Å². The lowest BCUT2D eigenvalue weighted by Gasteiger charge is -2.15. The predicted molar refractivity (Wildman–Crippen MR) is 103 cm³/mol. The molecule has 0 aliphatic rings. The molecule has 0 heterocycles. The Balaban J connectivity index is 1.87. The fourth-order valence-corrected chi connectivity index (χ4v) is 2.39. The molecule has 138 valence electrons. The van der Waals surface area contributed by atoms with Crippen molar-refractivity contribution >= 4 is 12.0 Å². The third kappa shape index (κ3) is 5.55. The van der Waals surface area contributed by atoms with Gasteiger partial charge in [0.05, 0.1) is 20.3 Å². The van der Waals surface area contributed by atoms with E-state index in [2.05, 4.69) is 5.32 Å². The minimum absolute atomic E-state index is 0.114. The van der Waals surface area contributed by atoms with E-state index in [1.54, 1.807) is 26.4 Å². The lowest BCUT2D eigenvalue weighted by Crippen LogP contribution is -2.35. The molecule has 5 nitrogen and oxygen atoms in total. The highest BCUT2D eigenvalue weighted by atomic mass is 16.5. The topological polar surface area (TPSA) is 56.8 Å². The first-order valence-electron chi connectivity index (χ1n) is 8.42. The largest absolute Gasteiger partial charge is 0.493 e. The number of methoxy groups -OCH3 is 2. The summed E-state index contributed by atoms with van der Waals surface area (Å²) in [6.07, 6.45) is 3.22. The summed E-state index contributed by atoms with van der Waals surface area (Å²) in [6.45, 7) is 4.30. The molecule has 5 heteroatoms. The molecule has 0 radical (unpaired) electrons. The number of hydrogen-bond acceptors (Lipinski definition) is 4. The third-order valence-electron chi connectivity index (χ3n) is 3.81. The van der Waals surface area contributed by atoms with Crippen LogP contribution in [0.25, 0.3) is 6.08 Å². The monoisotopic (exact) mass is 355 g/mol. The fraction of sp³-hybridized carbons (Fsp3) is 0.286. The molecule has 0 saturated carbocycles. The summed E-state index contributed by atoms with van der Waals surface area (Å²) in [5.41, 5.74) is 1.92. The van der Waals surface area contributed by atoms with Crippen LogP contribution in [0.3, 0.4) is 0 Å². The molecule has 1 atom stereocenters. The number of para-hydroxylation sites is 1. The second kappa shape index (κ2) is 9.51. The predicted octanol–water partition coefficient (Wildman–Crippen LogP) is 3.61. The summed E-state index contributed by atoms with van der Waals surface area (Å²) in [5, 5.41) is 2.88. The van der Waals surface area contributed by atoms with E-state index in [9.17, 15) is 4.79 Å². The molecule has 0 aliphatic heterocycles. The number of ether oxygens (including phenoxy) is 3. The van der Waals surface area contributed by atoms with Gasteiger partial charge < -0.3 is 19.5 Å². The molecule has 0 aromatic heterocycles. The molecule has 0 aliphatic carbocycles. The number of hydrogen-bond donors (Lipinski definition) is 1. The van der Waals surface area contributed by atoms with Gasteiger partial charge in [-0.05, 0) is 49.2 Å². The van der Waals surface area contributed by atoms with Gasteiger partial charge >= 0.3 is 0 Å². The summed E-state index contributed by atoms with van der Waals surface area (Å²) in [5.74, 6) is 1.92. The summed E-state index contributed by atoms with van der Waals surface area (Å²) in [7, 11) is 3.16. The SMILES string of the molecule is COc1ccc(/C=C/C(=O)NC(C)COc2ccccc2C)cc1OC. The van der Waals surface area contributed by atoms with Crippen LogP contribution in [0.5, 0.6) is 17.2 Å². The number of carbonyl (C=O) groups is 1. The van der Waals surface area contributed by atoms with E-state index < -0.39 is 0 Å². The number of aryl methyl sites for hydroxylation is 1. The Hall–Kier alpha value is -2.95. The van der Waals surface area contributed by atoms with Crippen LogP contribution in [0.4, 0.5) is 0 Å². The van der Waals surface area contributed by atoms with Crippen molar-refractivity contribution in [2.75, 3.05) is 20.8 Å². The molecule has 0 bridgehead atoms. The van der Waals surface area contributed by atoms with Gasteiger partial charge in [-0.15, -0.1) is 0 Å². The van der Waals surface area contributed by atoms with Gasteiger partial charge in [-0.2, -0.15) is 0 Å². The molecule has 26 heavy (non-hydrogen) atoms. The Morgan fingerprint density at radius 2 is 1.81 bits per heavy atom. The van der Waals surface area contributed by atoms with Crippen molar-refractivity contribution in [1.82, 2.24) is 5.32 Å². The minimum atomic E-state index is -0.180. The van der Waals surface area contributed by atoms with E-state index in [0.717, 1.165) is 16.9 Å². The first-order chi connectivity index (χ1) is 12.5. The average molecular weight is 355 g/mol. The Morgan fingerprint density at radius 1 is 1.08 bits per heavy atom. The van der Waals surface area contributed by atoms with E-state index in [-0.39, 0.29) is 11.9 Å². The maximum absolute atomic E-state index is 12.1. The van der Waals surface area contributed by atoms with Crippen molar-refractivity contribution in [3.63, 3.8) is 0 Å². The van der Waals surface area contributed by atoms with Crippen LogP contribution in [0.2, 0.25) is 0 Å². The van der Waals surface area contributed by atoms with Gasteiger partial charge in [0, 0.05) is 6.08 Å². The van der Waals surface area contributed by atoms with Gasteiger partial charge in [0.15, 0.2) is 11.5 Å². The molecule has 1 amide bonds. The summed E-state index contributed by atoms with van der Waals surface area (Å²) in [4.78, 5) is 12.1. The summed E-state index contributed by atoms with van der Waals surface area (Å²) >= 11 is 0. The fourth-order valence-electron chi connectivity index (χ4n) is 2.39. The molecule has 2 rings (SSSR count). The first kappa shape index (κ1) is 19.4. The number of rotatable bonds is 8. The van der Waals surface area contributed by atoms with Crippen LogP contribution < -0.4 is 19.5 Å². The second-order valence-corrected chi connectivity index (χ2v) is 5.93. The molecular weight excluding hydrogens is 330 g/mol. The molecule has 0 spiro atoms. The molecular formula is C21H25NO4. The zero-order valence-corrected chi connectivity index (χ0v) is 15.6. The van der Waals surface area contributed by atoms with Gasteiger partial charge in [0.25, 0.3) is 0 Å². The normalized spacial score (nSPS) is 11.8. The number of nitrogens with one attached hydrogen (secondary N) is 1. The van der Waals surface area contributed by atoms with E-state index in [0.29, 0.717) is 18.1 Å². The van der Waals surface area contributed by atoms with Crippen molar-refractivity contribution in [2.24, 2.45) is 0 Å². The average Bonchev–Trinajstić information content (AvgIpc) is 2.65. The van der Waals surface area contributed by atoms with Gasteiger partial charge in [-0.3, -0.25) is 4.79 Å². The van der Waals surface area contributed by atoms with E-state index in [1.807, 2.05) is 50.2 Å². The second-order valence-electron chi connectivity index (χ2n) is 5.93. The standard InChI is InChI=1S/C21H25NO4/c1-15-7-5-6-8-18(15)26-14-16(2)22-21(23)12-10-17-9-11-19(24-3)20(13-17)25-4/h5-13,16H,14H2,1-4H3,(H,22,23)/b12-10+. The highest BCUT2D eigenvalue weighted by Gasteiger charge is 2.07. The van der Waals surface area contributed by atoms with Crippen LogP contribution in [-0.4, -0.2) is 32.8 Å². The Kier molecular flexibility index (Phi) is 7.09. The lowest BCUT2D eigenvalue weighted by molar-refractivity contribution is -0.117. The minimum Gasteiger partial charge on any atom is -0.493 e. The van der Waals surface area contributed by atoms with Gasteiger partial charge in [0.2, 0.25) is 5.91 Å². The Labute approximate surface area is 154 Å². The number of benzene rings is 2. The quantitative estimate of drug-likeness (QED) is 0.735. The maximum atomic E-state index is 12.1. The number of amides is 1. The molecule has 0 fully saturated rings. The van der Waals surface area contributed by atoms with Crippen LogP contribution in [0.1, 0.15) is 18.1 Å². The van der Waals surface area contributed by atoms with E-state index >= 15 is 0 Å². The first-order valence-corrected chi connectivity index (χ1v) is 8.42. The van der Waals surface area contributed by atoms with Crippen LogP contribution in [0.15, 0.2) is 48.5 Å². The van der Waals surface area contributed by atoms with E-state index in [4.69, 9.17) is 14.2 Å². The summed E-state index contributed by atoms with van der Waals surface area (Å²) in [6, 6.07) is 13.2. The highest BCUT2D eigenvalue weighted by molar-refractivity contribution is 5.92. The molecule has 1 N–H and O–H groups in total. The van der Waals surface area contributed by atoms with Crippen molar-refractivity contribution in [1.29, 1.82) is 0 Å². The Morgan fingerprint density at radius 3 is 2.50 bits per heavy atom. The van der Waals surface area contributed by atoms with Gasteiger partial charge in [0.1, 0.15) is 12.4 Å². The van der Waals surface area contributed by atoms with Crippen molar-refractivity contribution < 1.29 is 19.0 Å². The van der Waals surface area contributed by atoms with Crippen molar-refractivity contribution in [2.45, 2.75) is 19.9 Å². The van der Waals surface area contributed by atoms with Crippen LogP contribution in [0, 0.1) is 6.92 Å². The smallest absolute Gasteiger partial charge is 0.244 e.